The van der Waals surface area contributed by atoms with Gasteiger partial charge in [-0.15, -0.1) is 0 Å². The summed E-state index contributed by atoms with van der Waals surface area (Å²) >= 11 is 0. The number of hydrogen-bond acceptors (Lipinski definition) is 4. The van der Waals surface area contributed by atoms with Crippen LogP contribution in [0.4, 0.5) is 0 Å². The summed E-state index contributed by atoms with van der Waals surface area (Å²) in [5.41, 5.74) is 1.07. The second kappa shape index (κ2) is 5.38. The molecule has 2 amide bonds. The fourth-order valence-electron chi connectivity index (χ4n) is 3.05. The van der Waals surface area contributed by atoms with E-state index in [1.807, 2.05) is 0 Å². The molecule has 8 nitrogen and oxygen atoms in total. The van der Waals surface area contributed by atoms with Crippen LogP contribution in [0.5, 0.6) is 0 Å². The van der Waals surface area contributed by atoms with Crippen molar-refractivity contribution in [2.75, 3.05) is 0 Å². The second-order valence-corrected chi connectivity index (χ2v) is 5.53. The minimum atomic E-state index is -1.00. The van der Waals surface area contributed by atoms with Crippen LogP contribution in [0.2, 0.25) is 0 Å². The second-order valence-electron chi connectivity index (χ2n) is 5.53. The summed E-state index contributed by atoms with van der Waals surface area (Å²) in [6, 6.07) is 4.20. The predicted octanol–water partition coefficient (Wildman–Crippen LogP) is -0.0552. The van der Waals surface area contributed by atoms with Crippen molar-refractivity contribution in [3.63, 3.8) is 0 Å². The molecule has 2 N–H and O–H groups in total. The van der Waals surface area contributed by atoms with E-state index < -0.39 is 23.6 Å². The average molecular weight is 317 g/mol. The number of aromatic nitrogens is 2. The van der Waals surface area contributed by atoms with Crippen LogP contribution in [0.25, 0.3) is 11.0 Å². The molecule has 0 spiro atoms. The van der Waals surface area contributed by atoms with Crippen molar-refractivity contribution >= 4 is 28.8 Å². The number of carboxylic acid groups (broad SMARTS) is 1. The summed E-state index contributed by atoms with van der Waals surface area (Å²) in [6.45, 7) is 0. The van der Waals surface area contributed by atoms with Gasteiger partial charge in [-0.25, -0.2) is 4.79 Å². The fourth-order valence-corrected chi connectivity index (χ4v) is 3.05. The van der Waals surface area contributed by atoms with Crippen LogP contribution in [0, 0.1) is 0 Å². The van der Waals surface area contributed by atoms with E-state index in [-0.39, 0.29) is 25.2 Å². The number of carbonyl (C=O) groups excluding carboxylic acids is 2. The molecule has 120 valence electrons. The van der Waals surface area contributed by atoms with E-state index in [9.17, 15) is 19.2 Å². The van der Waals surface area contributed by atoms with Crippen LogP contribution < -0.4 is 11.0 Å². The molecule has 1 aromatic carbocycles. The van der Waals surface area contributed by atoms with Crippen LogP contribution in [0.15, 0.2) is 23.0 Å². The summed E-state index contributed by atoms with van der Waals surface area (Å²) in [5, 5.41) is 11.3. The molecule has 2 aromatic rings. The van der Waals surface area contributed by atoms with Crippen molar-refractivity contribution in [2.24, 2.45) is 7.05 Å². The van der Waals surface area contributed by atoms with Gasteiger partial charge in [0, 0.05) is 13.5 Å². The molecular weight excluding hydrogens is 302 g/mol. The first kappa shape index (κ1) is 15.0. The van der Waals surface area contributed by atoms with Crippen LogP contribution in [0.3, 0.4) is 0 Å². The Morgan fingerprint density at radius 3 is 2.74 bits per heavy atom. The Bertz CT molecular complexity index is 892. The van der Waals surface area contributed by atoms with Gasteiger partial charge >= 0.3 is 11.7 Å². The zero-order chi connectivity index (χ0) is 16.7. The highest BCUT2D eigenvalue weighted by atomic mass is 16.4. The number of piperidine rings is 1. The Morgan fingerprint density at radius 1 is 1.35 bits per heavy atom. The molecule has 23 heavy (non-hydrogen) atoms. The molecule has 1 unspecified atom stereocenters. The maximum absolute atomic E-state index is 12.6. The molecule has 1 fully saturated rings. The van der Waals surface area contributed by atoms with Crippen molar-refractivity contribution in [3.05, 3.63) is 34.2 Å². The summed E-state index contributed by atoms with van der Waals surface area (Å²) in [7, 11) is 1.54. The first-order chi connectivity index (χ1) is 10.9. The number of nitrogens with zero attached hydrogens (tertiary/aromatic N) is 2. The molecule has 1 atom stereocenters. The molecule has 1 aliphatic heterocycles. The predicted molar refractivity (Wildman–Crippen MR) is 79.9 cm³/mol. The number of benzene rings is 1. The normalized spacial score (nSPS) is 18.2. The van der Waals surface area contributed by atoms with Gasteiger partial charge in [0.2, 0.25) is 11.8 Å². The van der Waals surface area contributed by atoms with Crippen LogP contribution >= 0.6 is 0 Å². The van der Waals surface area contributed by atoms with Crippen molar-refractivity contribution < 1.29 is 19.5 Å². The van der Waals surface area contributed by atoms with Crippen molar-refractivity contribution in [3.8, 4) is 0 Å². The van der Waals surface area contributed by atoms with Crippen LogP contribution in [0.1, 0.15) is 24.4 Å². The van der Waals surface area contributed by atoms with Gasteiger partial charge in [-0.05, 0) is 18.1 Å². The number of imide groups is 1. The number of para-hydroxylation sites is 1. The Hall–Kier alpha value is -2.90. The molecule has 1 aromatic heterocycles. The highest BCUT2D eigenvalue weighted by molar-refractivity contribution is 6.00. The Kier molecular flexibility index (Phi) is 3.51. The third kappa shape index (κ3) is 2.41. The minimum Gasteiger partial charge on any atom is -0.481 e. The number of fused-ring (bicyclic) bond motifs is 1. The van der Waals surface area contributed by atoms with E-state index in [1.165, 1.54) is 9.13 Å². The Labute approximate surface area is 130 Å². The molecule has 0 aliphatic carbocycles. The quantitative estimate of drug-likeness (QED) is 0.771. The number of rotatable bonds is 3. The van der Waals surface area contributed by atoms with Gasteiger partial charge in [0.25, 0.3) is 0 Å². The highest BCUT2D eigenvalue weighted by Crippen LogP contribution is 2.25. The third-order valence-corrected chi connectivity index (χ3v) is 4.05. The van der Waals surface area contributed by atoms with Gasteiger partial charge in [-0.2, -0.15) is 0 Å². The summed E-state index contributed by atoms with van der Waals surface area (Å²) in [5.74, 6) is -1.87. The molecule has 1 saturated heterocycles. The van der Waals surface area contributed by atoms with E-state index in [1.54, 1.807) is 25.2 Å². The first-order valence-corrected chi connectivity index (χ1v) is 7.14. The van der Waals surface area contributed by atoms with Crippen molar-refractivity contribution in [1.29, 1.82) is 0 Å². The standard InChI is InChI=1S/C15H15N3O5/c1-17-13-8(7-12(20)21)3-2-4-9(13)18(15(17)23)10-5-6-11(19)16-14(10)22/h2-4,10H,5-7H2,1H3,(H,20,21)(H,16,19,22). The number of carboxylic acids is 1. The lowest BCUT2D eigenvalue weighted by atomic mass is 10.1. The lowest BCUT2D eigenvalue weighted by Gasteiger charge is -2.21. The third-order valence-electron chi connectivity index (χ3n) is 4.05. The largest absolute Gasteiger partial charge is 0.481 e. The Balaban J connectivity index is 2.21. The molecular formula is C15H15N3O5. The zero-order valence-corrected chi connectivity index (χ0v) is 12.4. The Morgan fingerprint density at radius 2 is 2.09 bits per heavy atom. The maximum atomic E-state index is 12.6. The van der Waals surface area contributed by atoms with Gasteiger partial charge in [-0.1, -0.05) is 12.1 Å². The SMILES string of the molecule is Cn1c(=O)n(C2CCC(=O)NC2=O)c2cccc(CC(=O)O)c21. The van der Waals surface area contributed by atoms with Crippen LogP contribution in [-0.2, 0) is 27.9 Å². The highest BCUT2D eigenvalue weighted by Gasteiger charge is 2.31. The van der Waals surface area contributed by atoms with Gasteiger partial charge in [-0.3, -0.25) is 28.8 Å². The van der Waals surface area contributed by atoms with E-state index in [0.717, 1.165) is 0 Å². The lowest BCUT2D eigenvalue weighted by Crippen LogP contribution is -2.44. The van der Waals surface area contributed by atoms with Gasteiger partial charge in [0.1, 0.15) is 6.04 Å². The number of carbonyl (C=O) groups is 3. The monoisotopic (exact) mass is 317 g/mol. The topological polar surface area (TPSA) is 110 Å². The summed E-state index contributed by atoms with van der Waals surface area (Å²) in [4.78, 5) is 46.9. The molecule has 2 heterocycles. The van der Waals surface area contributed by atoms with Gasteiger partial charge in [0.05, 0.1) is 17.5 Å². The molecule has 8 heteroatoms. The number of aryl methyl sites for hydroxylation is 1. The minimum absolute atomic E-state index is 0.161. The van der Waals surface area contributed by atoms with E-state index in [4.69, 9.17) is 5.11 Å². The molecule has 1 aliphatic rings. The molecule has 3 rings (SSSR count). The number of amides is 2. The number of hydrogen-bond donors (Lipinski definition) is 2. The van der Waals surface area contributed by atoms with Gasteiger partial charge < -0.3 is 5.11 Å². The maximum Gasteiger partial charge on any atom is 0.329 e. The zero-order valence-electron chi connectivity index (χ0n) is 12.4. The summed E-state index contributed by atoms with van der Waals surface area (Å²) < 4.78 is 2.68. The summed E-state index contributed by atoms with van der Waals surface area (Å²) in [6.07, 6.45) is 0.185. The first-order valence-electron chi connectivity index (χ1n) is 7.14. The lowest BCUT2D eigenvalue weighted by molar-refractivity contribution is -0.137. The van der Waals surface area contributed by atoms with E-state index in [0.29, 0.717) is 16.6 Å². The van der Waals surface area contributed by atoms with Crippen molar-refractivity contribution in [2.45, 2.75) is 25.3 Å². The molecule has 0 saturated carbocycles. The number of nitrogens with one attached hydrogen (secondary N) is 1. The smallest absolute Gasteiger partial charge is 0.329 e. The molecule has 0 bridgehead atoms. The van der Waals surface area contributed by atoms with Gasteiger partial charge in [0.15, 0.2) is 0 Å². The number of aliphatic carboxylic acids is 1. The van der Waals surface area contributed by atoms with E-state index >= 15 is 0 Å². The molecule has 0 radical (unpaired) electrons. The van der Waals surface area contributed by atoms with Crippen molar-refractivity contribution in [1.82, 2.24) is 14.5 Å². The fraction of sp³-hybridized carbons (Fsp3) is 0.333. The average Bonchev–Trinajstić information content (AvgIpc) is 2.72. The number of imidazole rings is 1. The van der Waals surface area contributed by atoms with E-state index in [2.05, 4.69) is 5.32 Å². The van der Waals surface area contributed by atoms with Crippen LogP contribution in [-0.4, -0.2) is 32.0 Å².